The quantitative estimate of drug-likeness (QED) is 0.611. The minimum Gasteiger partial charge on any atom is -0.274 e. The zero-order valence-corrected chi connectivity index (χ0v) is 10.6. The highest BCUT2D eigenvalue weighted by molar-refractivity contribution is 9.10. The van der Waals surface area contributed by atoms with Crippen molar-refractivity contribution in [3.63, 3.8) is 0 Å². The van der Waals surface area contributed by atoms with Crippen molar-refractivity contribution in [3.05, 3.63) is 26.9 Å². The first kappa shape index (κ1) is 13.2. The fourth-order valence-electron chi connectivity index (χ4n) is 1.20. The average Bonchev–Trinajstić information content (AvgIpc) is 2.19. The molecular formula is C9H8BrN3O4. The van der Waals surface area contributed by atoms with Crippen LogP contribution in [0.2, 0.25) is 0 Å². The molecule has 7 nitrogen and oxygen atoms in total. The van der Waals surface area contributed by atoms with Gasteiger partial charge in [0.2, 0.25) is 11.8 Å². The molecule has 0 aliphatic carbocycles. The molecule has 0 unspecified atom stereocenters. The van der Waals surface area contributed by atoms with E-state index in [-0.39, 0.29) is 16.0 Å². The summed E-state index contributed by atoms with van der Waals surface area (Å²) in [4.78, 5) is 37.0. The van der Waals surface area contributed by atoms with Crippen LogP contribution in [0.4, 0.5) is 11.5 Å². The molecule has 0 radical (unpaired) electrons. The summed E-state index contributed by atoms with van der Waals surface area (Å²) in [5.74, 6) is -0.991. The fourth-order valence-corrected chi connectivity index (χ4v) is 1.72. The largest absolute Gasteiger partial charge is 0.288 e. The van der Waals surface area contributed by atoms with E-state index in [2.05, 4.69) is 20.9 Å². The number of imide groups is 1. The van der Waals surface area contributed by atoms with Crippen molar-refractivity contribution in [2.75, 3.05) is 4.90 Å². The number of anilines is 1. The summed E-state index contributed by atoms with van der Waals surface area (Å²) in [7, 11) is 0. The highest BCUT2D eigenvalue weighted by Gasteiger charge is 2.22. The van der Waals surface area contributed by atoms with Crippen molar-refractivity contribution in [1.29, 1.82) is 0 Å². The van der Waals surface area contributed by atoms with Crippen LogP contribution in [0.25, 0.3) is 0 Å². The van der Waals surface area contributed by atoms with Crippen LogP contribution in [0, 0.1) is 10.1 Å². The second kappa shape index (κ2) is 5.00. The van der Waals surface area contributed by atoms with E-state index in [4.69, 9.17) is 0 Å². The van der Waals surface area contributed by atoms with E-state index in [1.165, 1.54) is 19.9 Å². The Balaban J connectivity index is 3.27. The number of hydrogen-bond donors (Lipinski definition) is 0. The van der Waals surface area contributed by atoms with Gasteiger partial charge in [0, 0.05) is 19.9 Å². The topological polar surface area (TPSA) is 93.4 Å². The third-order valence-corrected chi connectivity index (χ3v) is 2.44. The van der Waals surface area contributed by atoms with Gasteiger partial charge in [-0.3, -0.25) is 19.7 Å². The van der Waals surface area contributed by atoms with Gasteiger partial charge in [0.1, 0.15) is 6.20 Å². The normalized spacial score (nSPS) is 9.82. The van der Waals surface area contributed by atoms with E-state index in [9.17, 15) is 19.7 Å². The predicted octanol–water partition coefficient (Wildman–Crippen LogP) is 1.65. The van der Waals surface area contributed by atoms with Crippen LogP contribution in [0.3, 0.4) is 0 Å². The Morgan fingerprint density at radius 1 is 1.41 bits per heavy atom. The average molecular weight is 302 g/mol. The summed E-state index contributed by atoms with van der Waals surface area (Å²) >= 11 is 3.04. The van der Waals surface area contributed by atoms with Crippen LogP contribution in [-0.2, 0) is 9.59 Å². The van der Waals surface area contributed by atoms with Crippen molar-refractivity contribution >= 4 is 39.2 Å². The molecule has 90 valence electrons. The van der Waals surface area contributed by atoms with Gasteiger partial charge < -0.3 is 0 Å². The Labute approximate surface area is 105 Å². The molecule has 0 spiro atoms. The number of carbonyl (C=O) groups is 2. The third-order valence-electron chi connectivity index (χ3n) is 1.86. The van der Waals surface area contributed by atoms with Gasteiger partial charge in [0.15, 0.2) is 5.82 Å². The molecular weight excluding hydrogens is 294 g/mol. The summed E-state index contributed by atoms with van der Waals surface area (Å²) in [6.45, 7) is 2.41. The molecule has 2 amide bonds. The molecule has 0 fully saturated rings. The van der Waals surface area contributed by atoms with Gasteiger partial charge in [0.25, 0.3) is 5.69 Å². The molecule has 0 aliphatic rings. The molecule has 0 atom stereocenters. The SMILES string of the molecule is CC(=O)N(C(C)=O)c1ncc([N+](=O)[O-])cc1Br. The molecule has 1 heterocycles. The first-order valence-corrected chi connectivity index (χ1v) is 5.25. The molecule has 0 aromatic carbocycles. The van der Waals surface area contributed by atoms with Crippen molar-refractivity contribution in [1.82, 2.24) is 4.98 Å². The van der Waals surface area contributed by atoms with Gasteiger partial charge >= 0.3 is 0 Å². The summed E-state index contributed by atoms with van der Waals surface area (Å²) in [6, 6.07) is 1.18. The van der Waals surface area contributed by atoms with E-state index >= 15 is 0 Å². The standard InChI is InChI=1S/C9H8BrN3O4/c1-5(14)12(6(2)15)9-8(10)3-7(4-11-9)13(16)17/h3-4H,1-2H3. The monoisotopic (exact) mass is 301 g/mol. The number of pyridine rings is 1. The maximum Gasteiger partial charge on any atom is 0.288 e. The molecule has 1 rings (SSSR count). The van der Waals surface area contributed by atoms with Crippen molar-refractivity contribution in [2.24, 2.45) is 0 Å². The van der Waals surface area contributed by atoms with Gasteiger partial charge in [-0.15, -0.1) is 0 Å². The smallest absolute Gasteiger partial charge is 0.274 e. The van der Waals surface area contributed by atoms with E-state index in [0.29, 0.717) is 0 Å². The molecule has 0 aliphatic heterocycles. The number of halogens is 1. The lowest BCUT2D eigenvalue weighted by Crippen LogP contribution is -2.34. The second-order valence-corrected chi connectivity index (χ2v) is 3.98. The summed E-state index contributed by atoms with van der Waals surface area (Å²) in [6.07, 6.45) is 0.985. The summed E-state index contributed by atoms with van der Waals surface area (Å²) in [5.41, 5.74) is -0.229. The molecule has 0 saturated carbocycles. The van der Waals surface area contributed by atoms with E-state index in [0.717, 1.165) is 11.1 Å². The molecule has 1 aromatic heterocycles. The highest BCUT2D eigenvalue weighted by atomic mass is 79.9. The molecule has 0 bridgehead atoms. The number of hydrogen-bond acceptors (Lipinski definition) is 5. The van der Waals surface area contributed by atoms with Crippen LogP contribution < -0.4 is 4.90 Å². The number of nitrogens with zero attached hydrogens (tertiary/aromatic N) is 3. The molecule has 0 saturated heterocycles. The van der Waals surface area contributed by atoms with Gasteiger partial charge in [0.05, 0.1) is 9.40 Å². The third kappa shape index (κ3) is 2.84. The van der Waals surface area contributed by atoms with E-state index < -0.39 is 16.7 Å². The van der Waals surface area contributed by atoms with E-state index in [1.807, 2.05) is 0 Å². The Kier molecular flexibility index (Phi) is 3.89. The number of carbonyl (C=O) groups excluding carboxylic acids is 2. The highest BCUT2D eigenvalue weighted by Crippen LogP contribution is 2.27. The number of amides is 2. The number of nitro groups is 1. The summed E-state index contributed by atoms with van der Waals surface area (Å²) in [5, 5.41) is 10.5. The zero-order valence-electron chi connectivity index (χ0n) is 9.01. The maximum absolute atomic E-state index is 11.3. The zero-order chi connectivity index (χ0) is 13.2. The van der Waals surface area contributed by atoms with Crippen molar-refractivity contribution < 1.29 is 14.5 Å². The van der Waals surface area contributed by atoms with Gasteiger partial charge in [-0.05, 0) is 15.9 Å². The lowest BCUT2D eigenvalue weighted by molar-refractivity contribution is -0.385. The van der Waals surface area contributed by atoms with Crippen LogP contribution in [0.1, 0.15) is 13.8 Å². The van der Waals surface area contributed by atoms with Crippen LogP contribution in [-0.4, -0.2) is 21.7 Å². The Morgan fingerprint density at radius 3 is 2.29 bits per heavy atom. The number of rotatable bonds is 2. The summed E-state index contributed by atoms with van der Waals surface area (Å²) < 4.78 is 0.206. The lowest BCUT2D eigenvalue weighted by Gasteiger charge is -2.16. The Hall–Kier alpha value is -1.83. The minimum atomic E-state index is -0.618. The van der Waals surface area contributed by atoms with Gasteiger partial charge in [-0.2, -0.15) is 0 Å². The molecule has 8 heteroatoms. The van der Waals surface area contributed by atoms with Crippen molar-refractivity contribution in [2.45, 2.75) is 13.8 Å². The Bertz CT molecular complexity index is 489. The van der Waals surface area contributed by atoms with Crippen LogP contribution >= 0.6 is 15.9 Å². The first-order chi connectivity index (χ1) is 7.84. The number of aromatic nitrogens is 1. The predicted molar refractivity (Wildman–Crippen MR) is 62.4 cm³/mol. The van der Waals surface area contributed by atoms with Gasteiger partial charge in [-0.25, -0.2) is 9.88 Å². The molecule has 0 N–H and O–H groups in total. The fraction of sp³-hybridized carbons (Fsp3) is 0.222. The maximum atomic E-state index is 11.3. The van der Waals surface area contributed by atoms with E-state index in [1.54, 1.807) is 0 Å². The molecule has 17 heavy (non-hydrogen) atoms. The van der Waals surface area contributed by atoms with Crippen molar-refractivity contribution in [3.8, 4) is 0 Å². The Morgan fingerprint density at radius 2 is 1.94 bits per heavy atom. The van der Waals surface area contributed by atoms with Gasteiger partial charge in [-0.1, -0.05) is 0 Å². The minimum absolute atomic E-state index is 0.0376. The first-order valence-electron chi connectivity index (χ1n) is 4.45. The lowest BCUT2D eigenvalue weighted by atomic mass is 10.3. The van der Waals surface area contributed by atoms with Crippen LogP contribution in [0.15, 0.2) is 16.7 Å². The molecule has 1 aromatic rings. The second-order valence-electron chi connectivity index (χ2n) is 3.13. The van der Waals surface area contributed by atoms with Crippen LogP contribution in [0.5, 0.6) is 0 Å².